The highest BCUT2D eigenvalue weighted by Crippen LogP contribution is 2.12. The first-order valence-corrected chi connectivity index (χ1v) is 4.58. The van der Waals surface area contributed by atoms with E-state index in [9.17, 15) is 0 Å². The lowest BCUT2D eigenvalue weighted by atomic mass is 9.42. The van der Waals surface area contributed by atoms with E-state index in [1.165, 1.54) is 23.7 Å². The van der Waals surface area contributed by atoms with Crippen LogP contribution in [-0.2, 0) is 0 Å². The fourth-order valence-electron chi connectivity index (χ4n) is 1.92. The van der Waals surface area contributed by atoms with Gasteiger partial charge in [0.2, 0.25) is 0 Å². The van der Waals surface area contributed by atoms with Crippen LogP contribution in [0.5, 0.6) is 0 Å². The lowest BCUT2D eigenvalue weighted by Crippen LogP contribution is -2.28. The van der Waals surface area contributed by atoms with Crippen molar-refractivity contribution in [1.29, 1.82) is 0 Å². The van der Waals surface area contributed by atoms with E-state index in [1.54, 1.807) is 0 Å². The third-order valence-electron chi connectivity index (χ3n) is 2.64. The Bertz CT molecular complexity index is 294. The Morgan fingerprint density at radius 2 is 1.75 bits per heavy atom. The third kappa shape index (κ3) is 1.31. The van der Waals surface area contributed by atoms with Crippen LogP contribution in [0.3, 0.4) is 0 Å². The topological polar surface area (TPSA) is 0 Å². The van der Waals surface area contributed by atoms with Crippen molar-refractivity contribution >= 4 is 12.2 Å². The van der Waals surface area contributed by atoms with Crippen molar-refractivity contribution in [3.8, 4) is 0 Å². The van der Waals surface area contributed by atoms with Gasteiger partial charge in [0.05, 0.1) is 0 Å². The molecule has 0 aliphatic carbocycles. The first-order chi connectivity index (χ1) is 5.88. The largest absolute Gasteiger partial charge is 0.183 e. The van der Waals surface area contributed by atoms with Crippen LogP contribution in [-0.4, -0.2) is 6.71 Å². The van der Waals surface area contributed by atoms with E-state index in [0.717, 1.165) is 6.71 Å². The zero-order valence-electron chi connectivity index (χ0n) is 7.46. The first-order valence-electron chi connectivity index (χ1n) is 4.58. The van der Waals surface area contributed by atoms with Gasteiger partial charge in [0, 0.05) is 0 Å². The Balaban J connectivity index is 2.27. The Labute approximate surface area is 74.4 Å². The summed E-state index contributed by atoms with van der Waals surface area (Å²) in [5.41, 5.74) is 2.97. The molecule has 12 heavy (non-hydrogen) atoms. The second kappa shape index (κ2) is 3.18. The van der Waals surface area contributed by atoms with Crippen molar-refractivity contribution < 1.29 is 0 Å². The predicted molar refractivity (Wildman–Crippen MR) is 55.3 cm³/mol. The number of aryl methyl sites for hydroxylation is 1. The van der Waals surface area contributed by atoms with Crippen LogP contribution in [0.15, 0.2) is 36.4 Å². The minimum Gasteiger partial charge on any atom is -0.0960 e. The van der Waals surface area contributed by atoms with Crippen molar-refractivity contribution in [2.75, 3.05) is 0 Å². The standard InChI is InChI=1S/C11H13B/c1-10-6-2-3-7-11(10)12-8-4-5-9-12/h2-7H,8-9H2,1H3. The van der Waals surface area contributed by atoms with Crippen molar-refractivity contribution in [3.63, 3.8) is 0 Å². The van der Waals surface area contributed by atoms with E-state index in [0.29, 0.717) is 0 Å². The second-order valence-corrected chi connectivity index (χ2v) is 3.50. The molecule has 0 nitrogen and oxygen atoms in total. The van der Waals surface area contributed by atoms with Gasteiger partial charge >= 0.3 is 0 Å². The van der Waals surface area contributed by atoms with E-state index in [2.05, 4.69) is 43.3 Å². The van der Waals surface area contributed by atoms with Crippen LogP contribution in [0.2, 0.25) is 12.6 Å². The molecule has 0 saturated heterocycles. The number of rotatable bonds is 1. The predicted octanol–water partition coefficient (Wildman–Crippen LogP) is 2.27. The van der Waals surface area contributed by atoms with Gasteiger partial charge in [-0.05, 0) is 6.92 Å². The Morgan fingerprint density at radius 3 is 2.42 bits per heavy atom. The normalized spacial score (nSPS) is 15.6. The molecule has 0 atom stereocenters. The summed E-state index contributed by atoms with van der Waals surface area (Å²) in [5.74, 6) is 0. The SMILES string of the molecule is Cc1ccccc1B1CC=CC1. The molecule has 0 radical (unpaired) electrons. The molecule has 1 aliphatic heterocycles. The molecule has 0 aromatic heterocycles. The Kier molecular flexibility index (Phi) is 2.03. The van der Waals surface area contributed by atoms with Crippen LogP contribution in [0, 0.1) is 6.92 Å². The van der Waals surface area contributed by atoms with Gasteiger partial charge in [0.25, 0.3) is 0 Å². The van der Waals surface area contributed by atoms with Gasteiger partial charge in [-0.1, -0.05) is 60.1 Å². The number of allylic oxidation sites excluding steroid dienone is 2. The summed E-state index contributed by atoms with van der Waals surface area (Å²) in [5, 5.41) is 0. The first kappa shape index (κ1) is 7.66. The molecule has 0 N–H and O–H groups in total. The average molecular weight is 156 g/mol. The summed E-state index contributed by atoms with van der Waals surface area (Å²) in [6.07, 6.45) is 7.03. The average Bonchev–Trinajstić information content (AvgIpc) is 2.57. The van der Waals surface area contributed by atoms with Crippen LogP contribution < -0.4 is 5.46 Å². The molecule has 0 amide bonds. The van der Waals surface area contributed by atoms with Gasteiger partial charge < -0.3 is 0 Å². The van der Waals surface area contributed by atoms with Crippen LogP contribution in [0.4, 0.5) is 0 Å². The molecule has 0 fully saturated rings. The minimum absolute atomic E-state index is 0.756. The quantitative estimate of drug-likeness (QED) is 0.432. The fourth-order valence-corrected chi connectivity index (χ4v) is 1.92. The molecule has 0 bridgehead atoms. The van der Waals surface area contributed by atoms with Gasteiger partial charge in [0.1, 0.15) is 0 Å². The summed E-state index contributed by atoms with van der Waals surface area (Å²) < 4.78 is 0. The maximum absolute atomic E-state index is 2.29. The Morgan fingerprint density at radius 1 is 1.08 bits per heavy atom. The lowest BCUT2D eigenvalue weighted by Gasteiger charge is -2.08. The summed E-state index contributed by atoms with van der Waals surface area (Å²) in [4.78, 5) is 0. The number of benzene rings is 1. The highest BCUT2D eigenvalue weighted by atomic mass is 14.0. The molecule has 60 valence electrons. The summed E-state index contributed by atoms with van der Waals surface area (Å²) >= 11 is 0. The van der Waals surface area contributed by atoms with Crippen LogP contribution in [0.25, 0.3) is 0 Å². The maximum Gasteiger partial charge on any atom is 0.183 e. The zero-order valence-corrected chi connectivity index (χ0v) is 7.46. The summed E-state index contributed by atoms with van der Waals surface area (Å²) in [7, 11) is 0. The Hall–Kier alpha value is -0.975. The molecule has 1 heteroatoms. The van der Waals surface area contributed by atoms with E-state index in [1.807, 2.05) is 0 Å². The van der Waals surface area contributed by atoms with Crippen molar-refractivity contribution in [3.05, 3.63) is 42.0 Å². The fraction of sp³-hybridized carbons (Fsp3) is 0.273. The number of hydrogen-bond donors (Lipinski definition) is 0. The molecule has 0 saturated carbocycles. The summed E-state index contributed by atoms with van der Waals surface area (Å²) in [6.45, 7) is 2.96. The highest BCUT2D eigenvalue weighted by Gasteiger charge is 2.17. The van der Waals surface area contributed by atoms with Crippen molar-refractivity contribution in [2.24, 2.45) is 0 Å². The smallest absolute Gasteiger partial charge is 0.0960 e. The molecule has 1 heterocycles. The van der Waals surface area contributed by atoms with E-state index in [4.69, 9.17) is 0 Å². The van der Waals surface area contributed by atoms with Gasteiger partial charge in [0.15, 0.2) is 6.71 Å². The highest BCUT2D eigenvalue weighted by molar-refractivity contribution is 6.75. The monoisotopic (exact) mass is 156 g/mol. The molecule has 1 aromatic rings. The van der Waals surface area contributed by atoms with Crippen molar-refractivity contribution in [2.45, 2.75) is 19.6 Å². The summed E-state index contributed by atoms with van der Waals surface area (Å²) in [6, 6.07) is 8.71. The van der Waals surface area contributed by atoms with E-state index >= 15 is 0 Å². The lowest BCUT2D eigenvalue weighted by molar-refractivity contribution is 1.49. The molecule has 1 aliphatic rings. The zero-order chi connectivity index (χ0) is 8.39. The second-order valence-electron chi connectivity index (χ2n) is 3.50. The minimum atomic E-state index is 0.756. The van der Waals surface area contributed by atoms with E-state index in [-0.39, 0.29) is 0 Å². The number of hydrogen-bond acceptors (Lipinski definition) is 0. The van der Waals surface area contributed by atoms with Crippen LogP contribution in [0.1, 0.15) is 5.56 Å². The maximum atomic E-state index is 2.29. The molecule has 0 unspecified atom stereocenters. The molecule has 0 spiro atoms. The van der Waals surface area contributed by atoms with Gasteiger partial charge in [-0.25, -0.2) is 0 Å². The van der Waals surface area contributed by atoms with Gasteiger partial charge in [-0.2, -0.15) is 0 Å². The molecule has 1 aromatic carbocycles. The third-order valence-corrected chi connectivity index (χ3v) is 2.64. The molecule has 2 rings (SSSR count). The van der Waals surface area contributed by atoms with Gasteiger partial charge in [-0.3, -0.25) is 0 Å². The van der Waals surface area contributed by atoms with Crippen molar-refractivity contribution in [1.82, 2.24) is 0 Å². The molecular formula is C11H13B. The van der Waals surface area contributed by atoms with Gasteiger partial charge in [-0.15, -0.1) is 0 Å². The van der Waals surface area contributed by atoms with Crippen LogP contribution >= 0.6 is 0 Å². The molecular weight excluding hydrogens is 143 g/mol. The van der Waals surface area contributed by atoms with E-state index < -0.39 is 0 Å².